The molecule has 23 heavy (non-hydrogen) atoms. The lowest BCUT2D eigenvalue weighted by Crippen LogP contribution is -2.37. The molecule has 1 aromatic carbocycles. The van der Waals surface area contributed by atoms with Gasteiger partial charge in [0.1, 0.15) is 12.4 Å². The normalized spacial score (nSPS) is 10.4. The Morgan fingerprint density at radius 1 is 1.30 bits per heavy atom. The van der Waals surface area contributed by atoms with Crippen molar-refractivity contribution in [2.24, 2.45) is 4.99 Å². The third-order valence-corrected chi connectivity index (χ3v) is 2.88. The van der Waals surface area contributed by atoms with Gasteiger partial charge < -0.3 is 20.1 Å². The molecule has 0 amide bonds. The Morgan fingerprint density at radius 2 is 2.09 bits per heavy atom. The monoisotopic (exact) mass is 431 g/mol. The molecule has 0 radical (unpaired) electrons. The zero-order chi connectivity index (χ0) is 16.2. The Morgan fingerprint density at radius 3 is 2.74 bits per heavy atom. The fourth-order valence-corrected chi connectivity index (χ4v) is 1.80. The zero-order valence-electron chi connectivity index (χ0n) is 14.0. The van der Waals surface area contributed by atoms with E-state index in [0.29, 0.717) is 32.3 Å². The van der Waals surface area contributed by atoms with Gasteiger partial charge in [0.05, 0.1) is 19.7 Å². The van der Waals surface area contributed by atoms with E-state index in [2.05, 4.69) is 27.6 Å². The van der Waals surface area contributed by atoms with Crippen LogP contribution < -0.4 is 15.4 Å². The molecule has 1 aromatic rings. The van der Waals surface area contributed by atoms with E-state index in [0.717, 1.165) is 23.4 Å². The lowest BCUT2D eigenvalue weighted by Gasteiger charge is -2.12. The first-order valence-electron chi connectivity index (χ1n) is 7.38. The second kappa shape index (κ2) is 13.0. The molecule has 0 aliphatic carbocycles. The van der Waals surface area contributed by atoms with Gasteiger partial charge >= 0.3 is 0 Å². The molecule has 0 fully saturated rings. The van der Waals surface area contributed by atoms with Gasteiger partial charge in [-0.1, -0.05) is 18.1 Å². The van der Waals surface area contributed by atoms with Gasteiger partial charge in [0.25, 0.3) is 0 Å². The number of rotatable bonds is 8. The summed E-state index contributed by atoms with van der Waals surface area (Å²) in [5.74, 6) is 4.08. The van der Waals surface area contributed by atoms with Crippen LogP contribution in [0.4, 0.5) is 0 Å². The summed E-state index contributed by atoms with van der Waals surface area (Å²) in [5.41, 5.74) is 2.18. The number of benzene rings is 1. The van der Waals surface area contributed by atoms with E-state index < -0.39 is 0 Å². The number of hydrogen-bond donors (Lipinski definition) is 2. The number of hydrogen-bond acceptors (Lipinski definition) is 3. The minimum absolute atomic E-state index is 0. The maximum Gasteiger partial charge on any atom is 0.192 e. The van der Waals surface area contributed by atoms with E-state index in [1.807, 2.05) is 26.0 Å². The van der Waals surface area contributed by atoms with Crippen molar-refractivity contribution in [2.45, 2.75) is 20.4 Å². The van der Waals surface area contributed by atoms with Crippen LogP contribution in [0.1, 0.15) is 18.1 Å². The molecule has 0 aromatic heterocycles. The summed E-state index contributed by atoms with van der Waals surface area (Å²) >= 11 is 0. The zero-order valence-corrected chi connectivity index (χ0v) is 16.3. The van der Waals surface area contributed by atoms with Gasteiger partial charge in [0.2, 0.25) is 0 Å². The Labute approximate surface area is 156 Å². The molecule has 5 nitrogen and oxygen atoms in total. The SMILES string of the molecule is C#CCNC(=NCc1ccc(C)cc1OCCOC)NCC.I. The fraction of sp³-hybridized carbons (Fsp3) is 0.471. The number of aliphatic imine (C=N–C) groups is 1. The molecule has 2 N–H and O–H groups in total. The molecule has 0 unspecified atom stereocenters. The minimum Gasteiger partial charge on any atom is -0.491 e. The van der Waals surface area contributed by atoms with Gasteiger partial charge in [-0.25, -0.2) is 4.99 Å². The van der Waals surface area contributed by atoms with Crippen LogP contribution in [0.15, 0.2) is 23.2 Å². The van der Waals surface area contributed by atoms with Crippen LogP contribution >= 0.6 is 24.0 Å². The summed E-state index contributed by atoms with van der Waals surface area (Å²) in [5, 5.41) is 6.22. The average molecular weight is 431 g/mol. The summed E-state index contributed by atoms with van der Waals surface area (Å²) in [7, 11) is 1.66. The lowest BCUT2D eigenvalue weighted by molar-refractivity contribution is 0.146. The molecule has 0 spiro atoms. The van der Waals surface area contributed by atoms with Crippen molar-refractivity contribution in [3.8, 4) is 18.1 Å². The maximum absolute atomic E-state index is 5.76. The van der Waals surface area contributed by atoms with Crippen molar-refractivity contribution in [1.29, 1.82) is 0 Å². The quantitative estimate of drug-likeness (QED) is 0.218. The van der Waals surface area contributed by atoms with E-state index in [-0.39, 0.29) is 24.0 Å². The van der Waals surface area contributed by atoms with Gasteiger partial charge in [-0.15, -0.1) is 30.4 Å². The smallest absolute Gasteiger partial charge is 0.192 e. The van der Waals surface area contributed by atoms with Gasteiger partial charge in [-0.2, -0.15) is 0 Å². The van der Waals surface area contributed by atoms with E-state index in [1.54, 1.807) is 7.11 Å². The third kappa shape index (κ3) is 8.67. The Hall–Kier alpha value is -1.46. The van der Waals surface area contributed by atoms with Crippen LogP contribution in [-0.2, 0) is 11.3 Å². The summed E-state index contributed by atoms with van der Waals surface area (Å²) in [6.07, 6.45) is 5.26. The third-order valence-electron chi connectivity index (χ3n) is 2.88. The number of ether oxygens (including phenoxy) is 2. The molecule has 0 bridgehead atoms. The fourth-order valence-electron chi connectivity index (χ4n) is 1.80. The lowest BCUT2D eigenvalue weighted by atomic mass is 10.1. The highest BCUT2D eigenvalue weighted by Crippen LogP contribution is 2.21. The number of nitrogens with one attached hydrogen (secondary N) is 2. The van der Waals surface area contributed by atoms with Crippen LogP contribution in [0, 0.1) is 19.3 Å². The first kappa shape index (κ1) is 21.5. The van der Waals surface area contributed by atoms with Crippen molar-refractivity contribution in [3.05, 3.63) is 29.3 Å². The second-order valence-corrected chi connectivity index (χ2v) is 4.71. The highest BCUT2D eigenvalue weighted by molar-refractivity contribution is 14.0. The minimum atomic E-state index is 0. The van der Waals surface area contributed by atoms with Crippen molar-refractivity contribution in [1.82, 2.24) is 10.6 Å². The highest BCUT2D eigenvalue weighted by atomic mass is 127. The van der Waals surface area contributed by atoms with Crippen molar-refractivity contribution in [3.63, 3.8) is 0 Å². The largest absolute Gasteiger partial charge is 0.491 e. The molecule has 0 aliphatic rings. The number of nitrogens with zero attached hydrogens (tertiary/aromatic N) is 1. The Bertz CT molecular complexity index is 527. The molecular weight excluding hydrogens is 405 g/mol. The molecule has 128 valence electrons. The molecule has 0 aliphatic heterocycles. The highest BCUT2D eigenvalue weighted by Gasteiger charge is 2.05. The van der Waals surface area contributed by atoms with Crippen LogP contribution in [-0.4, -0.2) is 39.4 Å². The van der Waals surface area contributed by atoms with Crippen LogP contribution in [0.5, 0.6) is 5.75 Å². The Kier molecular flexibility index (Phi) is 12.2. The van der Waals surface area contributed by atoms with E-state index >= 15 is 0 Å². The van der Waals surface area contributed by atoms with Gasteiger partial charge in [-0.3, -0.25) is 0 Å². The predicted octanol–water partition coefficient (Wildman–Crippen LogP) is 2.33. The first-order chi connectivity index (χ1) is 10.7. The number of terminal acetylenes is 1. The molecule has 0 heterocycles. The molecule has 1 rings (SSSR count). The second-order valence-electron chi connectivity index (χ2n) is 4.71. The van der Waals surface area contributed by atoms with E-state index in [1.165, 1.54) is 0 Å². The summed E-state index contributed by atoms with van der Waals surface area (Å²) in [6.45, 7) is 6.86. The van der Waals surface area contributed by atoms with Crippen LogP contribution in [0.3, 0.4) is 0 Å². The Balaban J connectivity index is 0.00000484. The van der Waals surface area contributed by atoms with Crippen LogP contribution in [0.2, 0.25) is 0 Å². The van der Waals surface area contributed by atoms with Gasteiger partial charge in [0.15, 0.2) is 5.96 Å². The first-order valence-corrected chi connectivity index (χ1v) is 7.38. The van der Waals surface area contributed by atoms with Crippen molar-refractivity contribution >= 4 is 29.9 Å². The molecule has 0 atom stereocenters. The predicted molar refractivity (Wildman–Crippen MR) is 106 cm³/mol. The van der Waals surface area contributed by atoms with E-state index in [4.69, 9.17) is 15.9 Å². The summed E-state index contributed by atoms with van der Waals surface area (Å²) in [6, 6.07) is 6.10. The van der Waals surface area contributed by atoms with Gasteiger partial charge in [-0.05, 0) is 25.5 Å². The number of methoxy groups -OCH3 is 1. The molecule has 0 saturated heterocycles. The topological polar surface area (TPSA) is 54.9 Å². The summed E-state index contributed by atoms with van der Waals surface area (Å²) in [4.78, 5) is 4.53. The molecular formula is C17H26IN3O2. The number of halogens is 1. The van der Waals surface area contributed by atoms with Crippen molar-refractivity contribution in [2.75, 3.05) is 33.4 Å². The number of aryl methyl sites for hydroxylation is 1. The van der Waals surface area contributed by atoms with Crippen LogP contribution in [0.25, 0.3) is 0 Å². The molecule has 0 saturated carbocycles. The number of guanidine groups is 1. The van der Waals surface area contributed by atoms with Gasteiger partial charge in [0, 0.05) is 19.2 Å². The van der Waals surface area contributed by atoms with Crippen molar-refractivity contribution < 1.29 is 9.47 Å². The maximum atomic E-state index is 5.76. The summed E-state index contributed by atoms with van der Waals surface area (Å²) < 4.78 is 10.8. The average Bonchev–Trinajstić information content (AvgIpc) is 2.51. The van der Waals surface area contributed by atoms with E-state index in [9.17, 15) is 0 Å². The standard InChI is InChI=1S/C17H25N3O2.HI/c1-5-9-19-17(18-6-2)20-13-15-8-7-14(3)12-16(15)22-11-10-21-4;/h1,7-8,12H,6,9-11,13H2,2-4H3,(H2,18,19,20);1H. The molecule has 6 heteroatoms.